The molecule has 1 amide bonds. The van der Waals surface area contributed by atoms with Crippen LogP contribution in [-0.4, -0.2) is 41.4 Å². The first-order valence-corrected chi connectivity index (χ1v) is 8.80. The maximum atomic E-state index is 12.7. The minimum absolute atomic E-state index is 0.151. The van der Waals surface area contributed by atoms with Crippen molar-refractivity contribution in [3.8, 4) is 5.75 Å². The minimum atomic E-state index is -0.376. The number of ether oxygens (including phenoxy) is 2. The number of rotatable bonds is 6. The van der Waals surface area contributed by atoms with Crippen molar-refractivity contribution in [3.63, 3.8) is 0 Å². The van der Waals surface area contributed by atoms with Gasteiger partial charge < -0.3 is 19.3 Å². The molecule has 0 spiro atoms. The van der Waals surface area contributed by atoms with Gasteiger partial charge in [0.15, 0.2) is 5.82 Å². The van der Waals surface area contributed by atoms with E-state index in [-0.39, 0.29) is 29.5 Å². The van der Waals surface area contributed by atoms with E-state index in [2.05, 4.69) is 20.4 Å². The van der Waals surface area contributed by atoms with Gasteiger partial charge in [-0.3, -0.25) is 9.78 Å². The highest BCUT2D eigenvalue weighted by molar-refractivity contribution is 5.92. The summed E-state index contributed by atoms with van der Waals surface area (Å²) in [6, 6.07) is 2.92. The molecule has 0 radical (unpaired) electrons. The highest BCUT2D eigenvalue weighted by Gasteiger charge is 2.32. The van der Waals surface area contributed by atoms with Crippen LogP contribution in [0.3, 0.4) is 0 Å². The Morgan fingerprint density at radius 1 is 1.35 bits per heavy atom. The molecule has 140 valence electrons. The van der Waals surface area contributed by atoms with Crippen LogP contribution in [0, 0.1) is 5.92 Å². The lowest BCUT2D eigenvalue weighted by Crippen LogP contribution is -2.36. The first-order chi connectivity index (χ1) is 12.6. The Bertz CT molecular complexity index is 740. The van der Waals surface area contributed by atoms with Crippen LogP contribution in [0.2, 0.25) is 0 Å². The fraction of sp³-hybridized carbons (Fsp3) is 0.556. The number of amides is 1. The van der Waals surface area contributed by atoms with E-state index in [1.54, 1.807) is 25.4 Å². The molecule has 1 aliphatic rings. The molecule has 1 aliphatic heterocycles. The second-order valence-electron chi connectivity index (χ2n) is 6.63. The van der Waals surface area contributed by atoms with Gasteiger partial charge in [-0.15, -0.1) is 0 Å². The molecule has 8 heteroatoms. The molecule has 0 bridgehead atoms. The first-order valence-electron chi connectivity index (χ1n) is 8.80. The number of aromatic nitrogens is 3. The molecule has 1 fully saturated rings. The molecule has 2 aromatic rings. The smallest absolute Gasteiger partial charge is 0.270 e. The molecule has 1 N–H and O–H groups in total. The van der Waals surface area contributed by atoms with Gasteiger partial charge in [0.05, 0.1) is 7.11 Å². The summed E-state index contributed by atoms with van der Waals surface area (Å²) in [5.41, 5.74) is 0.282. The van der Waals surface area contributed by atoms with Gasteiger partial charge in [-0.05, 0) is 24.8 Å². The predicted octanol–water partition coefficient (Wildman–Crippen LogP) is 2.49. The van der Waals surface area contributed by atoms with Gasteiger partial charge >= 0.3 is 0 Å². The largest absolute Gasteiger partial charge is 0.497 e. The number of methoxy groups -OCH3 is 1. The quantitative estimate of drug-likeness (QED) is 0.845. The van der Waals surface area contributed by atoms with E-state index in [0.717, 1.165) is 12.8 Å². The van der Waals surface area contributed by atoms with Crippen molar-refractivity contribution in [1.82, 2.24) is 20.4 Å². The maximum absolute atomic E-state index is 12.7. The Labute approximate surface area is 152 Å². The maximum Gasteiger partial charge on any atom is 0.270 e. The van der Waals surface area contributed by atoms with E-state index in [4.69, 9.17) is 14.0 Å². The third-order valence-electron chi connectivity index (χ3n) is 4.46. The van der Waals surface area contributed by atoms with Crippen LogP contribution in [0.25, 0.3) is 0 Å². The number of carbonyl (C=O) groups is 1. The van der Waals surface area contributed by atoms with E-state index < -0.39 is 0 Å². The van der Waals surface area contributed by atoms with Crippen LogP contribution in [0.5, 0.6) is 5.75 Å². The summed E-state index contributed by atoms with van der Waals surface area (Å²) in [4.78, 5) is 21.3. The van der Waals surface area contributed by atoms with Crippen LogP contribution < -0.4 is 10.1 Å². The third kappa shape index (κ3) is 4.19. The molecule has 0 saturated carbocycles. The lowest BCUT2D eigenvalue weighted by molar-refractivity contribution is 0.0467. The highest BCUT2D eigenvalue weighted by Crippen LogP contribution is 2.30. The Balaban J connectivity index is 1.83. The summed E-state index contributed by atoms with van der Waals surface area (Å²) in [6.07, 6.45) is 3.17. The highest BCUT2D eigenvalue weighted by atomic mass is 16.5. The molecule has 1 atom stereocenters. The predicted molar refractivity (Wildman–Crippen MR) is 92.9 cm³/mol. The normalized spacial score (nSPS) is 16.5. The molecule has 0 aromatic carbocycles. The molecule has 3 heterocycles. The SMILES string of the molecule is COc1ccnc(C(=O)N[C@@H](c2nc(C(C)C)no2)C2CCOCC2)c1. The number of nitrogens with one attached hydrogen (secondary N) is 1. The van der Waals surface area contributed by atoms with Gasteiger partial charge in [0.25, 0.3) is 5.91 Å². The van der Waals surface area contributed by atoms with Crippen molar-refractivity contribution >= 4 is 5.91 Å². The molecular weight excluding hydrogens is 336 g/mol. The summed E-state index contributed by atoms with van der Waals surface area (Å²) >= 11 is 0. The number of carbonyl (C=O) groups excluding carboxylic acids is 1. The molecular formula is C18H24N4O4. The van der Waals surface area contributed by atoms with Gasteiger partial charge in [-0.1, -0.05) is 19.0 Å². The first kappa shape index (κ1) is 18.3. The molecule has 26 heavy (non-hydrogen) atoms. The molecule has 0 aliphatic carbocycles. The number of nitrogens with zero attached hydrogens (tertiary/aromatic N) is 3. The minimum Gasteiger partial charge on any atom is -0.497 e. The summed E-state index contributed by atoms with van der Waals surface area (Å²) in [7, 11) is 1.55. The molecule has 1 saturated heterocycles. The third-order valence-corrected chi connectivity index (χ3v) is 4.46. The van der Waals surface area contributed by atoms with Crippen LogP contribution in [0.4, 0.5) is 0 Å². The molecule has 3 rings (SSSR count). The van der Waals surface area contributed by atoms with Crippen molar-refractivity contribution in [1.29, 1.82) is 0 Å². The summed E-state index contributed by atoms with van der Waals surface area (Å²) in [6.45, 7) is 5.30. The number of hydrogen-bond acceptors (Lipinski definition) is 7. The zero-order chi connectivity index (χ0) is 18.5. The second-order valence-corrected chi connectivity index (χ2v) is 6.63. The van der Waals surface area contributed by atoms with Gasteiger partial charge in [0.1, 0.15) is 17.5 Å². The average molecular weight is 360 g/mol. The standard InChI is InChI=1S/C18H24N4O4/c1-11(2)16-21-18(26-22-16)15(12-5-8-25-9-6-12)20-17(23)14-10-13(24-3)4-7-19-14/h4,7,10-12,15H,5-6,8-9H2,1-3H3,(H,20,23)/t15-/m1/s1. The van der Waals surface area contributed by atoms with Gasteiger partial charge in [0.2, 0.25) is 5.89 Å². The lowest BCUT2D eigenvalue weighted by Gasteiger charge is -2.28. The van der Waals surface area contributed by atoms with Gasteiger partial charge in [-0.2, -0.15) is 4.98 Å². The second kappa shape index (κ2) is 8.27. The summed E-state index contributed by atoms with van der Waals surface area (Å²) in [5.74, 6) is 1.65. The van der Waals surface area contributed by atoms with Crippen LogP contribution in [-0.2, 0) is 4.74 Å². The van der Waals surface area contributed by atoms with Crippen molar-refractivity contribution in [2.45, 2.75) is 38.6 Å². The van der Waals surface area contributed by atoms with Gasteiger partial charge in [0, 0.05) is 31.4 Å². The fourth-order valence-electron chi connectivity index (χ4n) is 2.92. The monoisotopic (exact) mass is 360 g/mol. The van der Waals surface area contributed by atoms with E-state index in [0.29, 0.717) is 30.7 Å². The molecule has 8 nitrogen and oxygen atoms in total. The van der Waals surface area contributed by atoms with Crippen LogP contribution >= 0.6 is 0 Å². The summed E-state index contributed by atoms with van der Waals surface area (Å²) in [5, 5.41) is 7.05. The van der Waals surface area contributed by atoms with E-state index >= 15 is 0 Å². The van der Waals surface area contributed by atoms with Crippen molar-refractivity contribution in [2.75, 3.05) is 20.3 Å². The Morgan fingerprint density at radius 2 is 2.12 bits per heavy atom. The fourth-order valence-corrected chi connectivity index (χ4v) is 2.92. The number of pyridine rings is 1. The zero-order valence-corrected chi connectivity index (χ0v) is 15.3. The van der Waals surface area contributed by atoms with E-state index in [9.17, 15) is 4.79 Å². The van der Waals surface area contributed by atoms with Crippen molar-refractivity contribution < 1.29 is 18.8 Å². The average Bonchev–Trinajstić information content (AvgIpc) is 3.17. The zero-order valence-electron chi connectivity index (χ0n) is 15.3. The van der Waals surface area contributed by atoms with E-state index in [1.807, 2.05) is 13.8 Å². The van der Waals surface area contributed by atoms with E-state index in [1.165, 1.54) is 0 Å². The van der Waals surface area contributed by atoms with Gasteiger partial charge in [-0.25, -0.2) is 0 Å². The summed E-state index contributed by atoms with van der Waals surface area (Å²) < 4.78 is 16.1. The molecule has 0 unspecified atom stereocenters. The Kier molecular flexibility index (Phi) is 5.82. The van der Waals surface area contributed by atoms with Crippen LogP contribution in [0.15, 0.2) is 22.9 Å². The topological polar surface area (TPSA) is 99.4 Å². The molecule has 2 aromatic heterocycles. The van der Waals surface area contributed by atoms with Crippen molar-refractivity contribution in [2.24, 2.45) is 5.92 Å². The van der Waals surface area contributed by atoms with Crippen LogP contribution in [0.1, 0.15) is 60.9 Å². The lowest BCUT2D eigenvalue weighted by atomic mass is 9.91. The Morgan fingerprint density at radius 3 is 2.77 bits per heavy atom. The van der Waals surface area contributed by atoms with Crippen molar-refractivity contribution in [3.05, 3.63) is 35.7 Å². The Hall–Kier alpha value is -2.48. The number of hydrogen-bond donors (Lipinski definition) is 1.